The van der Waals surface area contributed by atoms with Crippen LogP contribution in [0.1, 0.15) is 25.0 Å². The van der Waals surface area contributed by atoms with Gasteiger partial charge >= 0.3 is 0 Å². The summed E-state index contributed by atoms with van der Waals surface area (Å²) in [4.78, 5) is 19.1. The summed E-state index contributed by atoms with van der Waals surface area (Å²) in [5.41, 5.74) is 0.707. The Bertz CT molecular complexity index is 675. The number of nitrogens with zero attached hydrogens (tertiary/aromatic N) is 3. The molecule has 0 aliphatic heterocycles. The molecular weight excluding hydrogens is 310 g/mol. The van der Waals surface area contributed by atoms with E-state index in [0.29, 0.717) is 17.4 Å². The second kappa shape index (κ2) is 6.17. The van der Waals surface area contributed by atoms with Gasteiger partial charge in [0, 0.05) is 30.2 Å². The Morgan fingerprint density at radius 1 is 1.62 bits per heavy atom. The molecule has 1 amide bonds. The van der Waals surface area contributed by atoms with Gasteiger partial charge < -0.3 is 10.0 Å². The molecule has 5 nitrogen and oxygen atoms in total. The van der Waals surface area contributed by atoms with Crippen molar-refractivity contribution in [3.05, 3.63) is 28.5 Å². The van der Waals surface area contributed by atoms with Crippen molar-refractivity contribution in [3.63, 3.8) is 0 Å². The highest BCUT2D eigenvalue weighted by Gasteiger charge is 2.27. The molecule has 0 aromatic carbocycles. The minimum atomic E-state index is -0.0880. The highest BCUT2D eigenvalue weighted by Crippen LogP contribution is 2.26. The lowest BCUT2D eigenvalue weighted by Crippen LogP contribution is -2.44. The van der Waals surface area contributed by atoms with E-state index in [0.717, 1.165) is 24.2 Å². The van der Waals surface area contributed by atoms with Gasteiger partial charge in [0.25, 0.3) is 0 Å². The van der Waals surface area contributed by atoms with Crippen LogP contribution in [0.25, 0.3) is 11.0 Å². The minimum Gasteiger partial charge on any atom is -0.395 e. The van der Waals surface area contributed by atoms with Crippen LogP contribution in [0.3, 0.4) is 0 Å². The van der Waals surface area contributed by atoms with Crippen molar-refractivity contribution >= 4 is 39.9 Å². The normalized spacial score (nSPS) is 15.7. The van der Waals surface area contributed by atoms with E-state index in [4.69, 9.17) is 16.7 Å². The smallest absolute Gasteiger partial charge is 0.246 e. The van der Waals surface area contributed by atoms with Crippen molar-refractivity contribution in [1.29, 1.82) is 0 Å². The van der Waals surface area contributed by atoms with Crippen molar-refractivity contribution in [2.24, 2.45) is 0 Å². The molecule has 0 radical (unpaired) electrons. The molecule has 3 rings (SSSR count). The zero-order valence-electron chi connectivity index (χ0n) is 11.4. The highest BCUT2D eigenvalue weighted by atomic mass is 35.5. The Morgan fingerprint density at radius 2 is 2.43 bits per heavy atom. The Balaban J connectivity index is 1.79. The molecular formula is C14H16ClN3O2S. The lowest BCUT2D eigenvalue weighted by atomic mass is 9.91. The van der Waals surface area contributed by atoms with E-state index in [1.165, 1.54) is 17.4 Å². The maximum absolute atomic E-state index is 12.3. The molecule has 0 spiro atoms. The number of fused-ring (bicyclic) bond motifs is 1. The van der Waals surface area contributed by atoms with Gasteiger partial charge in [-0.25, -0.2) is 4.98 Å². The number of thiazole rings is 1. The van der Waals surface area contributed by atoms with Crippen molar-refractivity contribution in [1.82, 2.24) is 14.3 Å². The van der Waals surface area contributed by atoms with Crippen molar-refractivity contribution < 1.29 is 9.90 Å². The number of amides is 1. The molecule has 112 valence electrons. The van der Waals surface area contributed by atoms with E-state index in [1.807, 2.05) is 16.0 Å². The Labute approximate surface area is 131 Å². The molecule has 1 N–H and O–H groups in total. The third kappa shape index (κ3) is 2.84. The van der Waals surface area contributed by atoms with Crippen LogP contribution in [-0.2, 0) is 4.79 Å². The molecule has 0 saturated heterocycles. The van der Waals surface area contributed by atoms with Gasteiger partial charge in [0.15, 0.2) is 10.1 Å². The first-order chi connectivity index (χ1) is 10.2. The van der Waals surface area contributed by atoms with Gasteiger partial charge in [0.05, 0.1) is 12.3 Å². The van der Waals surface area contributed by atoms with Gasteiger partial charge in [-0.2, -0.15) is 0 Å². The van der Waals surface area contributed by atoms with Crippen LogP contribution in [0.15, 0.2) is 17.7 Å². The molecule has 7 heteroatoms. The molecule has 1 aliphatic carbocycles. The van der Waals surface area contributed by atoms with E-state index in [9.17, 15) is 4.79 Å². The zero-order chi connectivity index (χ0) is 14.8. The predicted molar refractivity (Wildman–Crippen MR) is 83.6 cm³/mol. The van der Waals surface area contributed by atoms with Gasteiger partial charge in [-0.05, 0) is 25.3 Å². The topological polar surface area (TPSA) is 57.8 Å². The Kier molecular flexibility index (Phi) is 4.28. The van der Waals surface area contributed by atoms with Crippen LogP contribution in [0.5, 0.6) is 0 Å². The Morgan fingerprint density at radius 3 is 3.10 bits per heavy atom. The number of hydrogen-bond acceptors (Lipinski definition) is 4. The maximum atomic E-state index is 12.3. The molecule has 0 bridgehead atoms. The summed E-state index contributed by atoms with van der Waals surface area (Å²) in [6.45, 7) is 0.361. The maximum Gasteiger partial charge on any atom is 0.246 e. The standard InChI is InChI=1S/C14H16ClN3O2S/c15-13-11(18-7-9-21-14(18)16-13)4-5-12(20)17(6-8-19)10-2-1-3-10/h4-5,7,9-10,19H,1-3,6,8H2/b5-4+. The molecule has 0 unspecified atom stereocenters. The first-order valence-corrected chi connectivity index (χ1v) is 8.17. The zero-order valence-corrected chi connectivity index (χ0v) is 13.0. The minimum absolute atomic E-state index is 0.0156. The number of rotatable bonds is 5. The summed E-state index contributed by atoms with van der Waals surface area (Å²) < 4.78 is 1.86. The van der Waals surface area contributed by atoms with Crippen LogP contribution >= 0.6 is 22.9 Å². The van der Waals surface area contributed by atoms with Crippen LogP contribution in [0, 0.1) is 0 Å². The first-order valence-electron chi connectivity index (χ1n) is 6.91. The number of imidazole rings is 1. The van der Waals surface area contributed by atoms with Crippen molar-refractivity contribution in [3.8, 4) is 0 Å². The van der Waals surface area contributed by atoms with E-state index >= 15 is 0 Å². The molecule has 21 heavy (non-hydrogen) atoms. The van der Waals surface area contributed by atoms with E-state index in [1.54, 1.807) is 11.0 Å². The van der Waals surface area contributed by atoms with Crippen LogP contribution in [0.4, 0.5) is 0 Å². The van der Waals surface area contributed by atoms with Gasteiger partial charge in [0.2, 0.25) is 5.91 Å². The van der Waals surface area contributed by atoms with Crippen molar-refractivity contribution in [2.75, 3.05) is 13.2 Å². The molecule has 2 aromatic heterocycles. The van der Waals surface area contributed by atoms with E-state index < -0.39 is 0 Å². The summed E-state index contributed by atoms with van der Waals surface area (Å²) in [6, 6.07) is 0.261. The quantitative estimate of drug-likeness (QED) is 0.859. The summed E-state index contributed by atoms with van der Waals surface area (Å²) in [5, 5.41) is 11.4. The van der Waals surface area contributed by atoms with Crippen LogP contribution in [0.2, 0.25) is 5.15 Å². The fourth-order valence-electron chi connectivity index (χ4n) is 2.45. The summed E-state index contributed by atoms with van der Waals surface area (Å²) in [6.07, 6.45) is 8.26. The van der Waals surface area contributed by atoms with Gasteiger partial charge in [-0.15, -0.1) is 11.3 Å². The van der Waals surface area contributed by atoms with Gasteiger partial charge in [-0.3, -0.25) is 9.20 Å². The molecule has 1 aliphatic rings. The van der Waals surface area contributed by atoms with Crippen molar-refractivity contribution in [2.45, 2.75) is 25.3 Å². The average molecular weight is 326 g/mol. The summed E-state index contributed by atoms with van der Waals surface area (Å²) in [5.74, 6) is -0.0880. The van der Waals surface area contributed by atoms with Gasteiger partial charge in [0.1, 0.15) is 0 Å². The number of aliphatic hydroxyl groups excluding tert-OH is 1. The fourth-order valence-corrected chi connectivity index (χ4v) is 3.46. The molecule has 0 atom stereocenters. The first kappa shape index (κ1) is 14.6. The van der Waals surface area contributed by atoms with E-state index in [2.05, 4.69) is 4.98 Å². The lowest BCUT2D eigenvalue weighted by Gasteiger charge is -2.36. The number of aliphatic hydroxyl groups is 1. The lowest BCUT2D eigenvalue weighted by molar-refractivity contribution is -0.130. The van der Waals surface area contributed by atoms with Crippen LogP contribution < -0.4 is 0 Å². The molecule has 1 saturated carbocycles. The van der Waals surface area contributed by atoms with E-state index in [-0.39, 0.29) is 18.6 Å². The fraction of sp³-hybridized carbons (Fsp3) is 0.429. The number of carbonyl (C=O) groups is 1. The molecule has 2 aromatic rings. The third-order valence-corrected chi connectivity index (χ3v) is 4.81. The average Bonchev–Trinajstić information content (AvgIpc) is 2.94. The Hall–Kier alpha value is -1.37. The second-order valence-electron chi connectivity index (χ2n) is 5.02. The highest BCUT2D eigenvalue weighted by molar-refractivity contribution is 7.15. The number of hydrogen-bond donors (Lipinski definition) is 1. The summed E-state index contributed by atoms with van der Waals surface area (Å²) in [7, 11) is 0. The number of carbonyl (C=O) groups excluding carboxylic acids is 1. The van der Waals surface area contributed by atoms with Crippen LogP contribution in [-0.4, -0.2) is 44.5 Å². The SMILES string of the molecule is O=C(/C=C/c1c(Cl)nc2sccn12)N(CCO)C1CCC1. The second-order valence-corrected chi connectivity index (χ2v) is 6.25. The predicted octanol–water partition coefficient (Wildman–Crippen LogP) is 2.44. The largest absolute Gasteiger partial charge is 0.395 e. The number of aromatic nitrogens is 2. The molecule has 2 heterocycles. The third-order valence-electron chi connectivity index (χ3n) is 3.78. The number of halogens is 1. The monoisotopic (exact) mass is 325 g/mol. The molecule has 1 fully saturated rings. The van der Waals surface area contributed by atoms with Gasteiger partial charge in [-0.1, -0.05) is 11.6 Å². The summed E-state index contributed by atoms with van der Waals surface area (Å²) >= 11 is 7.59.